The number of hydrogen-bond acceptors (Lipinski definition) is 4. The van der Waals surface area contributed by atoms with Crippen LogP contribution < -0.4 is 19.5 Å². The molecule has 0 saturated heterocycles. The van der Waals surface area contributed by atoms with Crippen LogP contribution in [0.5, 0.6) is 17.2 Å². The summed E-state index contributed by atoms with van der Waals surface area (Å²) < 4.78 is 15.9. The number of hydrogen-bond donors (Lipinski definition) is 1. The summed E-state index contributed by atoms with van der Waals surface area (Å²) in [4.78, 5) is 12.7. The number of nitrogens with one attached hydrogen (secondary N) is 1. The van der Waals surface area contributed by atoms with Gasteiger partial charge in [0.1, 0.15) is 0 Å². The second kappa shape index (κ2) is 7.92. The summed E-state index contributed by atoms with van der Waals surface area (Å²) in [7, 11) is 4.58. The summed E-state index contributed by atoms with van der Waals surface area (Å²) in [6.07, 6.45) is 0. The zero-order chi connectivity index (χ0) is 18.6. The highest BCUT2D eigenvalue weighted by Crippen LogP contribution is 2.38. The molecule has 25 heavy (non-hydrogen) atoms. The number of aryl methyl sites for hydroxylation is 2. The fourth-order valence-electron chi connectivity index (χ4n) is 2.88. The van der Waals surface area contributed by atoms with Crippen molar-refractivity contribution < 1.29 is 19.0 Å². The summed E-state index contributed by atoms with van der Waals surface area (Å²) in [5.41, 5.74) is 3.89. The van der Waals surface area contributed by atoms with E-state index in [2.05, 4.69) is 18.3 Å². The van der Waals surface area contributed by atoms with Gasteiger partial charge in [-0.25, -0.2) is 0 Å². The van der Waals surface area contributed by atoms with Gasteiger partial charge in [0.05, 0.1) is 27.4 Å². The molecule has 2 aromatic carbocycles. The normalized spacial score (nSPS) is 11.6. The van der Waals surface area contributed by atoms with Gasteiger partial charge in [0.2, 0.25) is 5.75 Å². The van der Waals surface area contributed by atoms with Crippen LogP contribution in [0.2, 0.25) is 0 Å². The summed E-state index contributed by atoms with van der Waals surface area (Å²) in [5.74, 6) is 1.16. The highest BCUT2D eigenvalue weighted by atomic mass is 16.5. The Bertz CT molecular complexity index is 745. The standard InChI is InChI=1S/C20H25NO4/c1-12-7-8-16(13(2)9-12)14(3)21-20(22)15-10-17(23-4)19(25-6)18(11-15)24-5/h7-11,14H,1-6H3,(H,21,22). The van der Waals surface area contributed by atoms with E-state index in [1.54, 1.807) is 12.1 Å². The van der Waals surface area contributed by atoms with E-state index < -0.39 is 0 Å². The fourth-order valence-corrected chi connectivity index (χ4v) is 2.88. The maximum absolute atomic E-state index is 12.7. The smallest absolute Gasteiger partial charge is 0.252 e. The Morgan fingerprint density at radius 1 is 0.960 bits per heavy atom. The van der Waals surface area contributed by atoms with Crippen LogP contribution in [-0.2, 0) is 0 Å². The highest BCUT2D eigenvalue weighted by molar-refractivity contribution is 5.95. The monoisotopic (exact) mass is 343 g/mol. The van der Waals surface area contributed by atoms with E-state index in [1.807, 2.05) is 26.0 Å². The first-order valence-electron chi connectivity index (χ1n) is 8.09. The van der Waals surface area contributed by atoms with E-state index >= 15 is 0 Å². The number of rotatable bonds is 6. The number of amides is 1. The molecular formula is C20H25NO4. The molecule has 0 spiro atoms. The van der Waals surface area contributed by atoms with E-state index in [1.165, 1.54) is 26.9 Å². The SMILES string of the molecule is COc1cc(C(=O)NC(C)c2ccc(C)cc2C)cc(OC)c1OC. The summed E-state index contributed by atoms with van der Waals surface area (Å²) in [6, 6.07) is 9.37. The van der Waals surface area contributed by atoms with Crippen molar-refractivity contribution in [1.29, 1.82) is 0 Å². The predicted molar refractivity (Wildman–Crippen MR) is 97.9 cm³/mol. The largest absolute Gasteiger partial charge is 0.493 e. The van der Waals surface area contributed by atoms with Crippen molar-refractivity contribution in [2.75, 3.05) is 21.3 Å². The van der Waals surface area contributed by atoms with E-state index in [4.69, 9.17) is 14.2 Å². The van der Waals surface area contributed by atoms with Crippen molar-refractivity contribution in [3.8, 4) is 17.2 Å². The van der Waals surface area contributed by atoms with E-state index in [9.17, 15) is 4.79 Å². The van der Waals surface area contributed by atoms with Crippen LogP contribution in [0.1, 0.15) is 40.0 Å². The Hall–Kier alpha value is -2.69. The van der Waals surface area contributed by atoms with Crippen molar-refractivity contribution in [3.05, 3.63) is 52.6 Å². The van der Waals surface area contributed by atoms with Gasteiger partial charge in [0, 0.05) is 5.56 Å². The van der Waals surface area contributed by atoms with Gasteiger partial charge >= 0.3 is 0 Å². The molecule has 2 aromatic rings. The number of carbonyl (C=O) groups excluding carboxylic acids is 1. The van der Waals surface area contributed by atoms with Crippen molar-refractivity contribution in [2.45, 2.75) is 26.8 Å². The van der Waals surface area contributed by atoms with Gasteiger partial charge in [-0.15, -0.1) is 0 Å². The molecule has 5 nitrogen and oxygen atoms in total. The van der Waals surface area contributed by atoms with Crippen LogP contribution in [0, 0.1) is 13.8 Å². The third-order valence-electron chi connectivity index (χ3n) is 4.17. The minimum atomic E-state index is -0.202. The fraction of sp³-hybridized carbons (Fsp3) is 0.350. The van der Waals surface area contributed by atoms with Crippen LogP contribution in [0.15, 0.2) is 30.3 Å². The average molecular weight is 343 g/mol. The van der Waals surface area contributed by atoms with Gasteiger partial charge < -0.3 is 19.5 Å². The Morgan fingerprint density at radius 3 is 2.04 bits per heavy atom. The maximum atomic E-state index is 12.7. The Kier molecular flexibility index (Phi) is 5.91. The average Bonchev–Trinajstić information content (AvgIpc) is 2.59. The predicted octanol–water partition coefficient (Wildman–Crippen LogP) is 3.82. The molecule has 0 aliphatic carbocycles. The molecule has 2 rings (SSSR count). The van der Waals surface area contributed by atoms with Gasteiger partial charge in [0.25, 0.3) is 5.91 Å². The van der Waals surface area contributed by atoms with Crippen molar-refractivity contribution in [1.82, 2.24) is 5.32 Å². The second-order valence-corrected chi connectivity index (χ2v) is 5.97. The van der Waals surface area contributed by atoms with Gasteiger partial charge in [-0.2, -0.15) is 0 Å². The first-order valence-corrected chi connectivity index (χ1v) is 8.09. The number of carbonyl (C=O) groups is 1. The minimum Gasteiger partial charge on any atom is -0.493 e. The van der Waals surface area contributed by atoms with Gasteiger partial charge in [-0.3, -0.25) is 4.79 Å². The first kappa shape index (κ1) is 18.6. The molecule has 0 fully saturated rings. The van der Waals surface area contributed by atoms with Gasteiger partial charge in [0.15, 0.2) is 11.5 Å². The van der Waals surface area contributed by atoms with Gasteiger partial charge in [-0.1, -0.05) is 23.8 Å². The molecule has 0 radical (unpaired) electrons. The quantitative estimate of drug-likeness (QED) is 0.866. The molecule has 1 unspecified atom stereocenters. The Morgan fingerprint density at radius 2 is 1.56 bits per heavy atom. The molecule has 1 amide bonds. The molecule has 1 atom stereocenters. The topological polar surface area (TPSA) is 56.8 Å². The summed E-state index contributed by atoms with van der Waals surface area (Å²) in [5, 5.41) is 3.02. The van der Waals surface area contributed by atoms with Crippen LogP contribution in [0.25, 0.3) is 0 Å². The molecule has 1 N–H and O–H groups in total. The molecule has 0 aliphatic heterocycles. The minimum absolute atomic E-state index is 0.118. The van der Waals surface area contributed by atoms with E-state index in [-0.39, 0.29) is 11.9 Å². The summed E-state index contributed by atoms with van der Waals surface area (Å²) >= 11 is 0. The lowest BCUT2D eigenvalue weighted by molar-refractivity contribution is 0.0939. The zero-order valence-electron chi connectivity index (χ0n) is 15.6. The zero-order valence-corrected chi connectivity index (χ0v) is 15.6. The number of benzene rings is 2. The molecule has 5 heteroatoms. The van der Waals surface area contributed by atoms with Crippen molar-refractivity contribution >= 4 is 5.91 Å². The Labute approximate surface area is 148 Å². The van der Waals surface area contributed by atoms with Crippen molar-refractivity contribution in [2.24, 2.45) is 0 Å². The highest BCUT2D eigenvalue weighted by Gasteiger charge is 2.19. The third kappa shape index (κ3) is 4.05. The van der Waals surface area contributed by atoms with E-state index in [0.29, 0.717) is 22.8 Å². The summed E-state index contributed by atoms with van der Waals surface area (Å²) in [6.45, 7) is 6.06. The van der Waals surface area contributed by atoms with Crippen LogP contribution in [0.4, 0.5) is 0 Å². The van der Waals surface area contributed by atoms with E-state index in [0.717, 1.165) is 11.1 Å². The van der Waals surface area contributed by atoms with Crippen molar-refractivity contribution in [3.63, 3.8) is 0 Å². The van der Waals surface area contributed by atoms with Crippen LogP contribution >= 0.6 is 0 Å². The molecule has 0 heterocycles. The van der Waals surface area contributed by atoms with Gasteiger partial charge in [-0.05, 0) is 44.0 Å². The molecule has 0 aromatic heterocycles. The molecular weight excluding hydrogens is 318 g/mol. The molecule has 0 aliphatic rings. The lowest BCUT2D eigenvalue weighted by Crippen LogP contribution is -2.27. The Balaban J connectivity index is 2.28. The molecule has 134 valence electrons. The maximum Gasteiger partial charge on any atom is 0.252 e. The lowest BCUT2D eigenvalue weighted by atomic mass is 10.00. The molecule has 0 bridgehead atoms. The third-order valence-corrected chi connectivity index (χ3v) is 4.17. The molecule has 0 saturated carbocycles. The lowest BCUT2D eigenvalue weighted by Gasteiger charge is -2.18. The first-order chi connectivity index (χ1) is 11.9. The number of ether oxygens (including phenoxy) is 3. The second-order valence-electron chi connectivity index (χ2n) is 5.97. The van der Waals surface area contributed by atoms with Crippen LogP contribution in [-0.4, -0.2) is 27.2 Å². The number of methoxy groups -OCH3 is 3. The van der Waals surface area contributed by atoms with Crippen LogP contribution in [0.3, 0.4) is 0 Å².